The number of ether oxygens (including phenoxy) is 1. The minimum atomic E-state index is 0. The highest BCUT2D eigenvalue weighted by atomic mass is 35.5. The molecular formula is C18H24ClN3O2. The van der Waals surface area contributed by atoms with Crippen LogP contribution >= 0.6 is 12.4 Å². The summed E-state index contributed by atoms with van der Waals surface area (Å²) in [5.41, 5.74) is 2.25. The van der Waals surface area contributed by atoms with Crippen molar-refractivity contribution in [1.29, 1.82) is 0 Å². The number of halogens is 1. The van der Waals surface area contributed by atoms with E-state index in [1.165, 1.54) is 18.4 Å². The van der Waals surface area contributed by atoms with Gasteiger partial charge in [-0.15, -0.1) is 12.4 Å². The molecule has 1 saturated heterocycles. The molecule has 2 aromatic rings. The molecule has 0 amide bonds. The minimum Gasteiger partial charge on any atom is -0.493 e. The zero-order valence-corrected chi connectivity index (χ0v) is 14.8. The first-order valence-electron chi connectivity index (χ1n) is 8.59. The Morgan fingerprint density at radius 3 is 2.96 bits per heavy atom. The van der Waals surface area contributed by atoms with Crippen molar-refractivity contribution in [2.24, 2.45) is 11.8 Å². The standard InChI is InChI=1S/C18H23N3O2.ClH/c1-12(13-4-7-19-8-5-13)10-17-20-18(21-23-17)15-2-3-16-14(11-15)6-9-22-16;/h2-3,11-13,19H,4-10H2,1H3;1H. The van der Waals surface area contributed by atoms with Crippen molar-refractivity contribution in [2.75, 3.05) is 19.7 Å². The summed E-state index contributed by atoms with van der Waals surface area (Å²) >= 11 is 0. The fraction of sp³-hybridized carbons (Fsp3) is 0.556. The van der Waals surface area contributed by atoms with Crippen LogP contribution in [-0.2, 0) is 12.8 Å². The van der Waals surface area contributed by atoms with Gasteiger partial charge in [0.1, 0.15) is 5.75 Å². The lowest BCUT2D eigenvalue weighted by Crippen LogP contribution is -2.31. The van der Waals surface area contributed by atoms with E-state index in [1.54, 1.807) is 0 Å². The van der Waals surface area contributed by atoms with Crippen molar-refractivity contribution in [3.63, 3.8) is 0 Å². The normalized spacial score (nSPS) is 18.5. The minimum absolute atomic E-state index is 0. The molecule has 1 aromatic carbocycles. The van der Waals surface area contributed by atoms with Crippen LogP contribution in [0.15, 0.2) is 22.7 Å². The molecule has 1 N–H and O–H groups in total. The molecule has 130 valence electrons. The molecule has 2 aliphatic rings. The maximum atomic E-state index is 5.54. The molecular weight excluding hydrogens is 326 g/mol. The van der Waals surface area contributed by atoms with Gasteiger partial charge in [-0.2, -0.15) is 4.98 Å². The lowest BCUT2D eigenvalue weighted by atomic mass is 9.84. The lowest BCUT2D eigenvalue weighted by molar-refractivity contribution is 0.253. The van der Waals surface area contributed by atoms with Crippen LogP contribution in [0, 0.1) is 11.8 Å². The van der Waals surface area contributed by atoms with Crippen molar-refractivity contribution in [3.8, 4) is 17.1 Å². The monoisotopic (exact) mass is 349 g/mol. The predicted octanol–water partition coefficient (Wildman–Crippen LogP) is 3.27. The zero-order chi connectivity index (χ0) is 15.6. The van der Waals surface area contributed by atoms with Crippen LogP contribution in [0.25, 0.3) is 11.4 Å². The van der Waals surface area contributed by atoms with Crippen LogP contribution in [-0.4, -0.2) is 29.8 Å². The summed E-state index contributed by atoms with van der Waals surface area (Å²) in [7, 11) is 0. The second-order valence-corrected chi connectivity index (χ2v) is 6.70. The molecule has 0 aliphatic carbocycles. The number of hydrogen-bond donors (Lipinski definition) is 1. The van der Waals surface area contributed by atoms with Gasteiger partial charge in [0.25, 0.3) is 0 Å². The van der Waals surface area contributed by atoms with Gasteiger partial charge in [0, 0.05) is 18.4 Å². The topological polar surface area (TPSA) is 60.2 Å². The Balaban J connectivity index is 0.00000169. The quantitative estimate of drug-likeness (QED) is 0.917. The molecule has 24 heavy (non-hydrogen) atoms. The van der Waals surface area contributed by atoms with E-state index in [2.05, 4.69) is 28.4 Å². The Morgan fingerprint density at radius 1 is 1.29 bits per heavy atom. The van der Waals surface area contributed by atoms with E-state index in [4.69, 9.17) is 9.26 Å². The second kappa shape index (κ2) is 7.53. The van der Waals surface area contributed by atoms with E-state index in [1.807, 2.05) is 12.1 Å². The van der Waals surface area contributed by atoms with E-state index >= 15 is 0 Å². The summed E-state index contributed by atoms with van der Waals surface area (Å²) in [5.74, 6) is 3.76. The SMILES string of the molecule is CC(Cc1nc(-c2ccc3c(c2)CCO3)no1)C1CCNCC1.Cl. The smallest absolute Gasteiger partial charge is 0.227 e. The number of nitrogens with one attached hydrogen (secondary N) is 1. The molecule has 5 nitrogen and oxygen atoms in total. The van der Waals surface area contributed by atoms with Gasteiger partial charge in [0.2, 0.25) is 11.7 Å². The van der Waals surface area contributed by atoms with Crippen molar-refractivity contribution in [3.05, 3.63) is 29.7 Å². The molecule has 2 aliphatic heterocycles. The van der Waals surface area contributed by atoms with Gasteiger partial charge in [-0.3, -0.25) is 0 Å². The first-order valence-corrected chi connectivity index (χ1v) is 8.59. The van der Waals surface area contributed by atoms with Gasteiger partial charge in [0.15, 0.2) is 0 Å². The molecule has 4 rings (SSSR count). The number of benzene rings is 1. The summed E-state index contributed by atoms with van der Waals surface area (Å²) in [4.78, 5) is 4.61. The number of piperidine rings is 1. The van der Waals surface area contributed by atoms with Gasteiger partial charge in [-0.25, -0.2) is 0 Å². The van der Waals surface area contributed by atoms with E-state index in [0.717, 1.165) is 55.7 Å². The van der Waals surface area contributed by atoms with Crippen LogP contribution in [0.2, 0.25) is 0 Å². The molecule has 0 spiro atoms. The lowest BCUT2D eigenvalue weighted by Gasteiger charge is -2.27. The zero-order valence-electron chi connectivity index (χ0n) is 14.0. The third kappa shape index (κ3) is 3.57. The van der Waals surface area contributed by atoms with Crippen LogP contribution in [0.5, 0.6) is 5.75 Å². The fourth-order valence-corrected chi connectivity index (χ4v) is 3.64. The van der Waals surface area contributed by atoms with Crippen molar-refractivity contribution < 1.29 is 9.26 Å². The summed E-state index contributed by atoms with van der Waals surface area (Å²) in [6, 6.07) is 6.13. The van der Waals surface area contributed by atoms with E-state index in [0.29, 0.717) is 11.7 Å². The first kappa shape index (κ1) is 17.2. The summed E-state index contributed by atoms with van der Waals surface area (Å²) in [5, 5.41) is 7.59. The van der Waals surface area contributed by atoms with Gasteiger partial charge in [-0.05, 0) is 61.5 Å². The van der Waals surface area contributed by atoms with Crippen LogP contribution < -0.4 is 10.1 Å². The Morgan fingerprint density at radius 2 is 2.12 bits per heavy atom. The summed E-state index contributed by atoms with van der Waals surface area (Å²) in [6.07, 6.45) is 4.31. The molecule has 0 saturated carbocycles. The molecule has 1 fully saturated rings. The molecule has 0 radical (unpaired) electrons. The molecule has 1 atom stereocenters. The average molecular weight is 350 g/mol. The van der Waals surface area contributed by atoms with Gasteiger partial charge < -0.3 is 14.6 Å². The summed E-state index contributed by atoms with van der Waals surface area (Å²) in [6.45, 7) is 5.32. The van der Waals surface area contributed by atoms with Crippen molar-refractivity contribution in [2.45, 2.75) is 32.6 Å². The van der Waals surface area contributed by atoms with Crippen molar-refractivity contribution in [1.82, 2.24) is 15.5 Å². The van der Waals surface area contributed by atoms with Crippen LogP contribution in [0.1, 0.15) is 31.2 Å². The van der Waals surface area contributed by atoms with Crippen LogP contribution in [0.3, 0.4) is 0 Å². The third-order valence-corrected chi connectivity index (χ3v) is 5.10. The number of rotatable bonds is 4. The Kier molecular flexibility index (Phi) is 5.41. The maximum absolute atomic E-state index is 5.54. The second-order valence-electron chi connectivity index (χ2n) is 6.70. The third-order valence-electron chi connectivity index (χ3n) is 5.10. The molecule has 6 heteroatoms. The summed E-state index contributed by atoms with van der Waals surface area (Å²) < 4.78 is 11.0. The molecule has 1 unspecified atom stereocenters. The van der Waals surface area contributed by atoms with Crippen molar-refractivity contribution >= 4 is 12.4 Å². The van der Waals surface area contributed by atoms with Gasteiger partial charge >= 0.3 is 0 Å². The predicted molar refractivity (Wildman–Crippen MR) is 94.6 cm³/mol. The maximum Gasteiger partial charge on any atom is 0.227 e. The van der Waals surface area contributed by atoms with Gasteiger partial charge in [-0.1, -0.05) is 12.1 Å². The largest absolute Gasteiger partial charge is 0.493 e. The molecule has 0 bridgehead atoms. The highest BCUT2D eigenvalue weighted by molar-refractivity contribution is 5.85. The van der Waals surface area contributed by atoms with E-state index in [-0.39, 0.29) is 12.4 Å². The number of nitrogens with zero attached hydrogens (tertiary/aromatic N) is 2. The number of aromatic nitrogens is 2. The molecule has 3 heterocycles. The fourth-order valence-electron chi connectivity index (χ4n) is 3.64. The van der Waals surface area contributed by atoms with Crippen LogP contribution in [0.4, 0.5) is 0 Å². The first-order chi connectivity index (χ1) is 11.3. The number of hydrogen-bond acceptors (Lipinski definition) is 5. The average Bonchev–Trinajstić information content (AvgIpc) is 3.23. The Bertz CT molecular complexity index is 683. The van der Waals surface area contributed by atoms with Gasteiger partial charge in [0.05, 0.1) is 6.61 Å². The highest BCUT2D eigenvalue weighted by Gasteiger charge is 2.22. The highest BCUT2D eigenvalue weighted by Crippen LogP contribution is 2.30. The van der Waals surface area contributed by atoms with E-state index < -0.39 is 0 Å². The Labute approximate surface area is 148 Å². The Hall–Kier alpha value is -1.59. The number of fused-ring (bicyclic) bond motifs is 1. The molecule has 1 aromatic heterocycles. The van der Waals surface area contributed by atoms with E-state index in [9.17, 15) is 0 Å².